The van der Waals surface area contributed by atoms with Crippen LogP contribution in [0.25, 0.3) is 10.9 Å². The van der Waals surface area contributed by atoms with Gasteiger partial charge in [0.1, 0.15) is 0 Å². The van der Waals surface area contributed by atoms with E-state index in [9.17, 15) is 4.79 Å². The SMILES string of the molecule is O=C(CCn1ccc2ccccc21)N[C@H]1CCN(Cc2ccccc2)C1. The van der Waals surface area contributed by atoms with Gasteiger partial charge in [0.25, 0.3) is 0 Å². The number of fused-ring (bicyclic) bond motifs is 1. The third-order valence-corrected chi connectivity index (χ3v) is 5.15. The van der Waals surface area contributed by atoms with Crippen LogP contribution in [-0.2, 0) is 17.9 Å². The highest BCUT2D eigenvalue weighted by atomic mass is 16.1. The molecule has 1 aliphatic heterocycles. The first-order chi connectivity index (χ1) is 12.8. The van der Waals surface area contributed by atoms with Gasteiger partial charge in [-0.3, -0.25) is 9.69 Å². The summed E-state index contributed by atoms with van der Waals surface area (Å²) >= 11 is 0. The van der Waals surface area contributed by atoms with Crippen LogP contribution in [-0.4, -0.2) is 34.5 Å². The minimum atomic E-state index is 0.148. The lowest BCUT2D eigenvalue weighted by atomic mass is 10.2. The number of rotatable bonds is 6. The average molecular weight is 347 g/mol. The van der Waals surface area contributed by atoms with Gasteiger partial charge in [0.15, 0.2) is 0 Å². The second-order valence-corrected chi connectivity index (χ2v) is 7.09. The molecule has 1 aromatic heterocycles. The Balaban J connectivity index is 1.25. The van der Waals surface area contributed by atoms with Crippen LogP contribution in [0.15, 0.2) is 66.9 Å². The highest BCUT2D eigenvalue weighted by molar-refractivity contribution is 5.80. The van der Waals surface area contributed by atoms with E-state index >= 15 is 0 Å². The molecule has 2 aromatic carbocycles. The number of aryl methyl sites for hydroxylation is 1. The number of hydrogen-bond acceptors (Lipinski definition) is 2. The van der Waals surface area contributed by atoms with E-state index in [0.29, 0.717) is 6.42 Å². The molecule has 0 bridgehead atoms. The van der Waals surface area contributed by atoms with Crippen molar-refractivity contribution in [2.45, 2.75) is 32.0 Å². The van der Waals surface area contributed by atoms with Crippen molar-refractivity contribution in [1.82, 2.24) is 14.8 Å². The predicted molar refractivity (Wildman–Crippen MR) is 105 cm³/mol. The normalized spacial score (nSPS) is 17.6. The summed E-state index contributed by atoms with van der Waals surface area (Å²) in [6.45, 7) is 3.66. The summed E-state index contributed by atoms with van der Waals surface area (Å²) in [5.41, 5.74) is 2.52. The summed E-state index contributed by atoms with van der Waals surface area (Å²) in [5.74, 6) is 0.148. The average Bonchev–Trinajstić information content (AvgIpc) is 3.28. The third-order valence-electron chi connectivity index (χ3n) is 5.15. The molecule has 0 radical (unpaired) electrons. The Hall–Kier alpha value is -2.59. The van der Waals surface area contributed by atoms with Gasteiger partial charge in [0.05, 0.1) is 0 Å². The van der Waals surface area contributed by atoms with Crippen molar-refractivity contribution in [3.05, 3.63) is 72.4 Å². The minimum Gasteiger partial charge on any atom is -0.352 e. The Labute approximate surface area is 154 Å². The van der Waals surface area contributed by atoms with Crippen molar-refractivity contribution in [1.29, 1.82) is 0 Å². The van der Waals surface area contributed by atoms with Crippen LogP contribution < -0.4 is 5.32 Å². The van der Waals surface area contributed by atoms with Gasteiger partial charge >= 0.3 is 0 Å². The molecule has 0 unspecified atom stereocenters. The topological polar surface area (TPSA) is 37.3 Å². The van der Waals surface area contributed by atoms with Crippen molar-refractivity contribution < 1.29 is 4.79 Å². The van der Waals surface area contributed by atoms with Crippen LogP contribution in [0.2, 0.25) is 0 Å². The van der Waals surface area contributed by atoms with Gasteiger partial charge in [0.2, 0.25) is 5.91 Å². The number of likely N-dealkylation sites (tertiary alicyclic amines) is 1. The Morgan fingerprint density at radius 2 is 1.85 bits per heavy atom. The van der Waals surface area contributed by atoms with Gasteiger partial charge in [-0.2, -0.15) is 0 Å². The smallest absolute Gasteiger partial charge is 0.222 e. The Kier molecular flexibility index (Phi) is 5.02. The predicted octanol–water partition coefficient (Wildman–Crippen LogP) is 3.42. The highest BCUT2D eigenvalue weighted by Crippen LogP contribution is 2.16. The standard InChI is InChI=1S/C22H25N3O/c26-22(12-15-25-14-10-19-8-4-5-9-21(19)25)23-20-11-13-24(17-20)16-18-6-2-1-3-7-18/h1-10,14,20H,11-13,15-17H2,(H,23,26)/t20-/m0/s1. The number of benzene rings is 2. The largest absolute Gasteiger partial charge is 0.352 e. The molecule has 1 aliphatic rings. The van der Waals surface area contributed by atoms with Crippen molar-refractivity contribution in [2.75, 3.05) is 13.1 Å². The summed E-state index contributed by atoms with van der Waals surface area (Å²) in [4.78, 5) is 14.8. The lowest BCUT2D eigenvalue weighted by molar-refractivity contribution is -0.121. The first kappa shape index (κ1) is 16.9. The Morgan fingerprint density at radius 3 is 2.73 bits per heavy atom. The van der Waals surface area contributed by atoms with E-state index < -0.39 is 0 Å². The van der Waals surface area contributed by atoms with Crippen LogP contribution in [0.4, 0.5) is 0 Å². The van der Waals surface area contributed by atoms with E-state index in [0.717, 1.165) is 32.6 Å². The number of para-hydroxylation sites is 1. The molecule has 3 aromatic rings. The van der Waals surface area contributed by atoms with Gasteiger partial charge in [0, 0.05) is 50.4 Å². The fourth-order valence-corrected chi connectivity index (χ4v) is 3.79. The number of nitrogens with zero attached hydrogens (tertiary/aromatic N) is 2. The van der Waals surface area contributed by atoms with Crippen molar-refractivity contribution >= 4 is 16.8 Å². The molecule has 1 fully saturated rings. The summed E-state index contributed by atoms with van der Waals surface area (Å²) in [6, 6.07) is 21.2. The van der Waals surface area contributed by atoms with Crippen LogP contribution in [0.5, 0.6) is 0 Å². The van der Waals surface area contributed by atoms with E-state index in [1.54, 1.807) is 0 Å². The van der Waals surface area contributed by atoms with Gasteiger partial charge in [-0.1, -0.05) is 48.5 Å². The second-order valence-electron chi connectivity index (χ2n) is 7.09. The molecular formula is C22H25N3O. The zero-order valence-corrected chi connectivity index (χ0v) is 15.0. The number of nitrogens with one attached hydrogen (secondary N) is 1. The molecule has 1 N–H and O–H groups in total. The van der Waals surface area contributed by atoms with Crippen LogP contribution in [0.3, 0.4) is 0 Å². The Morgan fingerprint density at radius 1 is 1.04 bits per heavy atom. The summed E-state index contributed by atoms with van der Waals surface area (Å²) in [5, 5.41) is 4.43. The van der Waals surface area contributed by atoms with Gasteiger partial charge < -0.3 is 9.88 Å². The third kappa shape index (κ3) is 3.97. The zero-order chi connectivity index (χ0) is 17.8. The maximum absolute atomic E-state index is 12.4. The van der Waals surface area contributed by atoms with E-state index in [1.165, 1.54) is 16.5 Å². The van der Waals surface area contributed by atoms with Gasteiger partial charge in [-0.25, -0.2) is 0 Å². The highest BCUT2D eigenvalue weighted by Gasteiger charge is 2.23. The Bertz CT molecular complexity index is 871. The summed E-state index contributed by atoms with van der Waals surface area (Å²) in [6.07, 6.45) is 3.62. The second kappa shape index (κ2) is 7.75. The molecule has 134 valence electrons. The fourth-order valence-electron chi connectivity index (χ4n) is 3.79. The molecule has 1 saturated heterocycles. The fraction of sp³-hybridized carbons (Fsp3) is 0.318. The van der Waals surface area contributed by atoms with Gasteiger partial charge in [-0.15, -0.1) is 0 Å². The van der Waals surface area contributed by atoms with Crippen LogP contribution in [0.1, 0.15) is 18.4 Å². The lowest BCUT2D eigenvalue weighted by Gasteiger charge is -2.17. The van der Waals surface area contributed by atoms with Crippen molar-refractivity contribution in [3.63, 3.8) is 0 Å². The molecule has 2 heterocycles. The van der Waals surface area contributed by atoms with E-state index in [1.807, 2.05) is 18.2 Å². The molecule has 0 aliphatic carbocycles. The first-order valence-corrected chi connectivity index (χ1v) is 9.37. The van der Waals surface area contributed by atoms with Crippen LogP contribution in [0, 0.1) is 0 Å². The van der Waals surface area contributed by atoms with Crippen molar-refractivity contribution in [2.24, 2.45) is 0 Å². The van der Waals surface area contributed by atoms with E-state index in [2.05, 4.69) is 63.4 Å². The summed E-state index contributed by atoms with van der Waals surface area (Å²) < 4.78 is 2.16. The minimum absolute atomic E-state index is 0.148. The lowest BCUT2D eigenvalue weighted by Crippen LogP contribution is -2.37. The maximum atomic E-state index is 12.4. The molecule has 1 amide bonds. The molecule has 4 rings (SSSR count). The molecule has 4 heteroatoms. The number of carbonyl (C=O) groups is 1. The number of carbonyl (C=O) groups excluding carboxylic acids is 1. The summed E-state index contributed by atoms with van der Waals surface area (Å²) in [7, 11) is 0. The van der Waals surface area contributed by atoms with Gasteiger partial charge in [-0.05, 0) is 29.5 Å². The maximum Gasteiger partial charge on any atom is 0.222 e. The molecule has 26 heavy (non-hydrogen) atoms. The number of hydrogen-bond donors (Lipinski definition) is 1. The molecule has 1 atom stereocenters. The molecular weight excluding hydrogens is 322 g/mol. The quantitative estimate of drug-likeness (QED) is 0.742. The number of aromatic nitrogens is 1. The first-order valence-electron chi connectivity index (χ1n) is 9.37. The molecule has 0 spiro atoms. The van der Waals surface area contributed by atoms with E-state index in [4.69, 9.17) is 0 Å². The number of amides is 1. The van der Waals surface area contributed by atoms with Crippen molar-refractivity contribution in [3.8, 4) is 0 Å². The monoisotopic (exact) mass is 347 g/mol. The molecule has 4 nitrogen and oxygen atoms in total. The van der Waals surface area contributed by atoms with E-state index in [-0.39, 0.29) is 11.9 Å². The molecule has 0 saturated carbocycles. The van der Waals surface area contributed by atoms with Crippen LogP contribution >= 0.6 is 0 Å². The zero-order valence-electron chi connectivity index (χ0n) is 15.0.